The molecule has 1 spiro atoms. The first-order valence-electron chi connectivity index (χ1n) is 8.51. The highest BCUT2D eigenvalue weighted by Crippen LogP contribution is 2.39. The lowest BCUT2D eigenvalue weighted by atomic mass is 9.79. The Morgan fingerprint density at radius 1 is 1.38 bits per heavy atom. The quantitative estimate of drug-likeness (QED) is 0.851. The molecule has 0 aromatic carbocycles. The van der Waals surface area contributed by atoms with E-state index < -0.39 is 0 Å². The number of likely N-dealkylation sites (tertiary alicyclic amines) is 1. The molecule has 1 unspecified atom stereocenters. The Labute approximate surface area is 146 Å². The normalized spacial score (nSPS) is 25.0. The van der Waals surface area contributed by atoms with Crippen molar-refractivity contribution >= 4 is 11.6 Å². The van der Waals surface area contributed by atoms with Crippen LogP contribution in [0.25, 0.3) is 11.4 Å². The molecule has 0 N–H and O–H groups in total. The molecule has 2 aromatic rings. The maximum absolute atomic E-state index is 6.53. The molecular weight excluding hydrogens is 328 g/mol. The fourth-order valence-corrected chi connectivity index (χ4v) is 4.20. The summed E-state index contributed by atoms with van der Waals surface area (Å²) in [6.45, 7) is 6.61. The van der Waals surface area contributed by atoms with Crippen molar-refractivity contribution in [3.8, 4) is 11.4 Å². The van der Waals surface area contributed by atoms with Crippen molar-refractivity contribution < 1.29 is 9.26 Å². The predicted octanol–water partition coefficient (Wildman–Crippen LogP) is 3.04. The van der Waals surface area contributed by atoms with Crippen molar-refractivity contribution in [3.63, 3.8) is 0 Å². The molecule has 130 valence electrons. The Morgan fingerprint density at radius 3 is 2.96 bits per heavy atom. The summed E-state index contributed by atoms with van der Waals surface area (Å²) in [5, 5.41) is 9.35. The van der Waals surface area contributed by atoms with Gasteiger partial charge in [0.25, 0.3) is 0 Å². The summed E-state index contributed by atoms with van der Waals surface area (Å²) in [7, 11) is 1.87. The molecule has 0 amide bonds. The van der Waals surface area contributed by atoms with E-state index in [-0.39, 0.29) is 0 Å². The largest absolute Gasteiger partial charge is 0.381 e. The fourth-order valence-electron chi connectivity index (χ4n) is 4.01. The molecule has 0 bridgehead atoms. The van der Waals surface area contributed by atoms with Crippen LogP contribution in [0.5, 0.6) is 0 Å². The third-order valence-corrected chi connectivity index (χ3v) is 5.72. The molecule has 6 nitrogen and oxygen atoms in total. The van der Waals surface area contributed by atoms with Crippen LogP contribution in [0, 0.1) is 12.3 Å². The fraction of sp³-hybridized carbons (Fsp3) is 0.647. The van der Waals surface area contributed by atoms with Crippen molar-refractivity contribution in [1.29, 1.82) is 0 Å². The smallest absolute Gasteiger partial charge is 0.134 e. The van der Waals surface area contributed by atoms with E-state index in [0.29, 0.717) is 10.6 Å². The molecule has 2 fully saturated rings. The molecule has 2 aliphatic rings. The van der Waals surface area contributed by atoms with Crippen LogP contribution in [0.1, 0.15) is 30.6 Å². The zero-order valence-corrected chi connectivity index (χ0v) is 15.0. The zero-order valence-electron chi connectivity index (χ0n) is 14.2. The second-order valence-corrected chi connectivity index (χ2v) is 7.54. The molecule has 2 saturated heterocycles. The van der Waals surface area contributed by atoms with Gasteiger partial charge in [0.15, 0.2) is 0 Å². The topological polar surface area (TPSA) is 56.3 Å². The number of rotatable bonds is 3. The van der Waals surface area contributed by atoms with E-state index in [1.807, 2.05) is 20.0 Å². The van der Waals surface area contributed by atoms with E-state index in [1.54, 1.807) is 4.68 Å². The third-order valence-electron chi connectivity index (χ3n) is 5.25. The standard InChI is InChI=1S/C17H23ClN4O2/c1-12-8-14(20-24-12)15-13(16(18)21(2)19-15)9-22-6-3-4-17(10-22)5-7-23-11-17/h8H,3-7,9-11H2,1-2H3. The lowest BCUT2D eigenvalue weighted by Gasteiger charge is -2.39. The maximum atomic E-state index is 6.53. The van der Waals surface area contributed by atoms with Gasteiger partial charge >= 0.3 is 0 Å². The lowest BCUT2D eigenvalue weighted by Crippen LogP contribution is -2.43. The zero-order chi connectivity index (χ0) is 16.7. The van der Waals surface area contributed by atoms with Crippen LogP contribution >= 0.6 is 11.6 Å². The summed E-state index contributed by atoms with van der Waals surface area (Å²) in [5.41, 5.74) is 2.93. The molecule has 0 saturated carbocycles. The van der Waals surface area contributed by atoms with E-state index in [0.717, 1.165) is 55.6 Å². The minimum Gasteiger partial charge on any atom is -0.381 e. The maximum Gasteiger partial charge on any atom is 0.134 e. The Kier molecular flexibility index (Phi) is 4.14. The Morgan fingerprint density at radius 2 is 2.25 bits per heavy atom. The molecule has 7 heteroatoms. The molecule has 4 rings (SSSR count). The Hall–Kier alpha value is -1.37. The number of ether oxygens (including phenoxy) is 1. The number of hydrogen-bond donors (Lipinski definition) is 0. The molecule has 2 aromatic heterocycles. The molecule has 0 radical (unpaired) electrons. The first-order valence-corrected chi connectivity index (χ1v) is 8.89. The number of nitrogens with zero attached hydrogens (tertiary/aromatic N) is 4. The predicted molar refractivity (Wildman–Crippen MR) is 90.8 cm³/mol. The average molecular weight is 351 g/mol. The van der Waals surface area contributed by atoms with Gasteiger partial charge in [0, 0.05) is 43.8 Å². The van der Waals surface area contributed by atoms with Gasteiger partial charge in [-0.1, -0.05) is 16.8 Å². The van der Waals surface area contributed by atoms with Gasteiger partial charge in [0.2, 0.25) is 0 Å². The highest BCUT2D eigenvalue weighted by Gasteiger charge is 2.39. The van der Waals surface area contributed by atoms with Gasteiger partial charge in [0.05, 0.1) is 6.61 Å². The molecule has 0 aliphatic carbocycles. The number of aromatic nitrogens is 3. The molecule has 24 heavy (non-hydrogen) atoms. The van der Waals surface area contributed by atoms with E-state index in [1.165, 1.54) is 19.3 Å². The summed E-state index contributed by atoms with van der Waals surface area (Å²) in [6, 6.07) is 1.91. The van der Waals surface area contributed by atoms with E-state index in [9.17, 15) is 0 Å². The van der Waals surface area contributed by atoms with Crippen molar-refractivity contribution in [2.75, 3.05) is 26.3 Å². The van der Waals surface area contributed by atoms with Crippen LogP contribution in [0.2, 0.25) is 5.15 Å². The van der Waals surface area contributed by atoms with Crippen LogP contribution in [-0.4, -0.2) is 46.1 Å². The monoisotopic (exact) mass is 350 g/mol. The summed E-state index contributed by atoms with van der Waals surface area (Å²) in [4.78, 5) is 2.48. The SMILES string of the molecule is Cc1cc(-c2nn(C)c(Cl)c2CN2CCCC3(CCOC3)C2)no1. The lowest BCUT2D eigenvalue weighted by molar-refractivity contribution is 0.0646. The minimum atomic E-state index is 0.331. The van der Waals surface area contributed by atoms with Gasteiger partial charge < -0.3 is 9.26 Å². The van der Waals surface area contributed by atoms with Gasteiger partial charge in [-0.05, 0) is 32.7 Å². The number of aryl methyl sites for hydroxylation is 2. The van der Waals surface area contributed by atoms with Crippen LogP contribution in [0.15, 0.2) is 10.6 Å². The molecule has 1 atom stereocenters. The number of halogens is 1. The summed E-state index contributed by atoms with van der Waals surface area (Å²) in [6.07, 6.45) is 3.64. The van der Waals surface area contributed by atoms with Crippen LogP contribution in [0.3, 0.4) is 0 Å². The van der Waals surface area contributed by atoms with Crippen molar-refractivity contribution in [2.24, 2.45) is 12.5 Å². The molecule has 2 aliphatic heterocycles. The highest BCUT2D eigenvalue weighted by molar-refractivity contribution is 6.30. The third kappa shape index (κ3) is 2.87. The first-order chi connectivity index (χ1) is 11.6. The van der Waals surface area contributed by atoms with E-state index in [2.05, 4.69) is 15.2 Å². The number of piperidine rings is 1. The average Bonchev–Trinajstić information content (AvgIpc) is 3.25. The molecular formula is C17H23ClN4O2. The van der Waals surface area contributed by atoms with Crippen LogP contribution in [-0.2, 0) is 18.3 Å². The van der Waals surface area contributed by atoms with Crippen molar-refractivity contribution in [2.45, 2.75) is 32.7 Å². The minimum absolute atomic E-state index is 0.331. The van der Waals surface area contributed by atoms with Crippen molar-refractivity contribution in [3.05, 3.63) is 22.5 Å². The summed E-state index contributed by atoms with van der Waals surface area (Å²) >= 11 is 6.53. The summed E-state index contributed by atoms with van der Waals surface area (Å²) in [5.74, 6) is 0.776. The molecule has 4 heterocycles. The van der Waals surface area contributed by atoms with E-state index >= 15 is 0 Å². The first kappa shape index (κ1) is 16.1. The van der Waals surface area contributed by atoms with E-state index in [4.69, 9.17) is 20.9 Å². The summed E-state index contributed by atoms with van der Waals surface area (Å²) < 4.78 is 12.6. The van der Waals surface area contributed by atoms with Gasteiger partial charge in [-0.2, -0.15) is 5.10 Å². The second-order valence-electron chi connectivity index (χ2n) is 7.18. The van der Waals surface area contributed by atoms with Crippen LogP contribution in [0.4, 0.5) is 0 Å². The Bertz CT molecular complexity index is 733. The highest BCUT2D eigenvalue weighted by atomic mass is 35.5. The Balaban J connectivity index is 1.60. The van der Waals surface area contributed by atoms with Crippen molar-refractivity contribution in [1.82, 2.24) is 19.8 Å². The van der Waals surface area contributed by atoms with Gasteiger partial charge in [0.1, 0.15) is 22.3 Å². The second kappa shape index (κ2) is 6.17. The number of hydrogen-bond acceptors (Lipinski definition) is 5. The van der Waals surface area contributed by atoms with Gasteiger partial charge in [-0.15, -0.1) is 0 Å². The van der Waals surface area contributed by atoms with Gasteiger partial charge in [-0.25, -0.2) is 0 Å². The van der Waals surface area contributed by atoms with Crippen LogP contribution < -0.4 is 0 Å². The van der Waals surface area contributed by atoms with Gasteiger partial charge in [-0.3, -0.25) is 9.58 Å².